The first-order valence-electron chi connectivity index (χ1n) is 7.13. The molecule has 1 atom stereocenters. The van der Waals surface area contributed by atoms with Gasteiger partial charge in [-0.15, -0.1) is 0 Å². The molecule has 1 aromatic heterocycles. The molecular formula is C17H22N2O2. The predicted molar refractivity (Wildman–Crippen MR) is 83.9 cm³/mol. The van der Waals surface area contributed by atoms with Crippen LogP contribution in [0, 0.1) is 0 Å². The number of ether oxygens (including phenoxy) is 2. The lowest BCUT2D eigenvalue weighted by atomic mass is 9.99. The van der Waals surface area contributed by atoms with E-state index in [1.54, 1.807) is 14.2 Å². The van der Waals surface area contributed by atoms with Crippen LogP contribution >= 0.6 is 0 Å². The van der Waals surface area contributed by atoms with Crippen LogP contribution in [0.3, 0.4) is 0 Å². The molecule has 0 bridgehead atoms. The second-order valence-electron chi connectivity index (χ2n) is 4.80. The average Bonchev–Trinajstić information content (AvgIpc) is 2.55. The van der Waals surface area contributed by atoms with Gasteiger partial charge in [-0.2, -0.15) is 0 Å². The fourth-order valence-electron chi connectivity index (χ4n) is 2.28. The van der Waals surface area contributed by atoms with Gasteiger partial charge in [0.05, 0.1) is 14.2 Å². The lowest BCUT2D eigenvalue weighted by Crippen LogP contribution is -2.23. The van der Waals surface area contributed by atoms with E-state index in [0.717, 1.165) is 18.7 Å². The Hall–Kier alpha value is -2.07. The second-order valence-corrected chi connectivity index (χ2v) is 4.80. The first-order chi connectivity index (χ1) is 10.3. The Morgan fingerprint density at radius 1 is 1.05 bits per heavy atom. The summed E-state index contributed by atoms with van der Waals surface area (Å²) in [5.74, 6) is 1.52. The van der Waals surface area contributed by atoms with Crippen LogP contribution in [0.15, 0.2) is 42.6 Å². The molecule has 0 fully saturated rings. The van der Waals surface area contributed by atoms with Crippen LogP contribution in [0.4, 0.5) is 0 Å². The normalized spacial score (nSPS) is 12.0. The van der Waals surface area contributed by atoms with Gasteiger partial charge in [0.25, 0.3) is 0 Å². The summed E-state index contributed by atoms with van der Waals surface area (Å²) >= 11 is 0. The number of benzene rings is 1. The Bertz CT molecular complexity index is 538. The Morgan fingerprint density at radius 2 is 1.81 bits per heavy atom. The molecule has 0 spiro atoms. The molecule has 21 heavy (non-hydrogen) atoms. The van der Waals surface area contributed by atoms with Crippen molar-refractivity contribution in [3.8, 4) is 11.6 Å². The van der Waals surface area contributed by atoms with E-state index >= 15 is 0 Å². The van der Waals surface area contributed by atoms with Crippen LogP contribution in [-0.4, -0.2) is 25.7 Å². The van der Waals surface area contributed by atoms with Crippen molar-refractivity contribution in [2.45, 2.75) is 19.4 Å². The summed E-state index contributed by atoms with van der Waals surface area (Å²) in [5.41, 5.74) is 2.42. The summed E-state index contributed by atoms with van der Waals surface area (Å²) in [4.78, 5) is 4.26. The maximum Gasteiger partial charge on any atom is 0.212 e. The molecule has 0 radical (unpaired) electrons. The maximum atomic E-state index is 5.21. The number of aromatic nitrogens is 1. The maximum absolute atomic E-state index is 5.21. The standard InChI is InChI=1S/C17H22N2O2/c1-4-18-16(14-6-8-15(20-2)9-7-14)11-13-5-10-17(21-3)19-12-13/h5-10,12,16,18H,4,11H2,1-3H3. The van der Waals surface area contributed by atoms with Gasteiger partial charge in [0, 0.05) is 18.3 Å². The number of nitrogens with zero attached hydrogens (tertiary/aromatic N) is 1. The highest BCUT2D eigenvalue weighted by Crippen LogP contribution is 2.21. The van der Waals surface area contributed by atoms with Crippen LogP contribution < -0.4 is 14.8 Å². The minimum atomic E-state index is 0.260. The van der Waals surface area contributed by atoms with E-state index in [0.29, 0.717) is 5.88 Å². The number of hydrogen-bond acceptors (Lipinski definition) is 4. The zero-order valence-corrected chi connectivity index (χ0v) is 12.8. The van der Waals surface area contributed by atoms with Gasteiger partial charge in [0.15, 0.2) is 0 Å². The van der Waals surface area contributed by atoms with Crippen molar-refractivity contribution in [1.29, 1.82) is 0 Å². The zero-order valence-electron chi connectivity index (χ0n) is 12.8. The lowest BCUT2D eigenvalue weighted by Gasteiger charge is -2.19. The first-order valence-corrected chi connectivity index (χ1v) is 7.13. The van der Waals surface area contributed by atoms with Crippen molar-refractivity contribution in [3.63, 3.8) is 0 Å². The van der Waals surface area contributed by atoms with E-state index in [-0.39, 0.29) is 6.04 Å². The zero-order chi connectivity index (χ0) is 15.1. The quantitative estimate of drug-likeness (QED) is 0.849. The fourth-order valence-corrected chi connectivity index (χ4v) is 2.28. The predicted octanol–water partition coefficient (Wildman–Crippen LogP) is 2.99. The monoisotopic (exact) mass is 286 g/mol. The van der Waals surface area contributed by atoms with E-state index in [2.05, 4.69) is 35.4 Å². The average molecular weight is 286 g/mol. The van der Waals surface area contributed by atoms with Crippen molar-refractivity contribution in [2.75, 3.05) is 20.8 Å². The lowest BCUT2D eigenvalue weighted by molar-refractivity contribution is 0.397. The van der Waals surface area contributed by atoms with Crippen LogP contribution in [0.2, 0.25) is 0 Å². The Morgan fingerprint density at radius 3 is 2.33 bits per heavy atom. The highest BCUT2D eigenvalue weighted by Gasteiger charge is 2.11. The smallest absolute Gasteiger partial charge is 0.212 e. The number of likely N-dealkylation sites (N-methyl/N-ethyl adjacent to an activating group) is 1. The van der Waals surface area contributed by atoms with Crippen molar-refractivity contribution in [2.24, 2.45) is 0 Å². The molecule has 1 aromatic carbocycles. The molecule has 112 valence electrons. The number of rotatable bonds is 7. The summed E-state index contributed by atoms with van der Waals surface area (Å²) in [6, 6.07) is 12.4. The third-order valence-corrected chi connectivity index (χ3v) is 3.42. The molecule has 1 N–H and O–H groups in total. The van der Waals surface area contributed by atoms with Gasteiger partial charge < -0.3 is 14.8 Å². The minimum Gasteiger partial charge on any atom is -0.497 e. The molecule has 4 nitrogen and oxygen atoms in total. The summed E-state index contributed by atoms with van der Waals surface area (Å²) < 4.78 is 10.3. The van der Waals surface area contributed by atoms with Crippen LogP contribution in [0.5, 0.6) is 11.6 Å². The van der Waals surface area contributed by atoms with Gasteiger partial charge in [-0.05, 0) is 36.2 Å². The fraction of sp³-hybridized carbons (Fsp3) is 0.353. The van der Waals surface area contributed by atoms with E-state index in [9.17, 15) is 0 Å². The number of methoxy groups -OCH3 is 2. The van der Waals surface area contributed by atoms with Crippen molar-refractivity contribution >= 4 is 0 Å². The van der Waals surface area contributed by atoms with Crippen LogP contribution in [-0.2, 0) is 6.42 Å². The molecule has 4 heteroatoms. The molecule has 2 rings (SSSR count). The van der Waals surface area contributed by atoms with Crippen LogP contribution in [0.1, 0.15) is 24.1 Å². The van der Waals surface area contributed by atoms with Gasteiger partial charge >= 0.3 is 0 Å². The van der Waals surface area contributed by atoms with Crippen molar-refractivity contribution in [1.82, 2.24) is 10.3 Å². The molecule has 1 unspecified atom stereocenters. The molecule has 0 amide bonds. The molecule has 0 aliphatic heterocycles. The van der Waals surface area contributed by atoms with Gasteiger partial charge in [-0.1, -0.05) is 25.1 Å². The molecular weight excluding hydrogens is 264 g/mol. The van der Waals surface area contributed by atoms with E-state index in [1.165, 1.54) is 11.1 Å². The van der Waals surface area contributed by atoms with E-state index in [1.807, 2.05) is 24.4 Å². The highest BCUT2D eigenvalue weighted by molar-refractivity contribution is 5.30. The van der Waals surface area contributed by atoms with Crippen LogP contribution in [0.25, 0.3) is 0 Å². The molecule has 0 saturated carbocycles. The number of nitrogens with one attached hydrogen (secondary N) is 1. The van der Waals surface area contributed by atoms with E-state index < -0.39 is 0 Å². The van der Waals surface area contributed by atoms with Crippen molar-refractivity contribution in [3.05, 3.63) is 53.7 Å². The molecule has 1 heterocycles. The minimum absolute atomic E-state index is 0.260. The molecule has 0 aliphatic carbocycles. The largest absolute Gasteiger partial charge is 0.497 e. The third kappa shape index (κ3) is 4.20. The topological polar surface area (TPSA) is 43.4 Å². The van der Waals surface area contributed by atoms with E-state index in [4.69, 9.17) is 9.47 Å². The second kappa shape index (κ2) is 7.64. The molecule has 0 aliphatic rings. The van der Waals surface area contributed by atoms with Gasteiger partial charge in [-0.25, -0.2) is 4.98 Å². The molecule has 0 saturated heterocycles. The van der Waals surface area contributed by atoms with Gasteiger partial charge in [0.1, 0.15) is 5.75 Å². The summed E-state index contributed by atoms with van der Waals surface area (Å²) in [7, 11) is 3.31. The summed E-state index contributed by atoms with van der Waals surface area (Å²) in [6.07, 6.45) is 2.75. The highest BCUT2D eigenvalue weighted by atomic mass is 16.5. The van der Waals surface area contributed by atoms with Crippen molar-refractivity contribution < 1.29 is 9.47 Å². The van der Waals surface area contributed by atoms with Gasteiger partial charge in [-0.3, -0.25) is 0 Å². The number of hydrogen-bond donors (Lipinski definition) is 1. The Balaban J connectivity index is 2.13. The number of pyridine rings is 1. The third-order valence-electron chi connectivity index (χ3n) is 3.42. The molecule has 2 aromatic rings. The summed E-state index contributed by atoms with van der Waals surface area (Å²) in [5, 5.41) is 3.51. The Labute approximate surface area is 126 Å². The SMILES string of the molecule is CCNC(Cc1ccc(OC)nc1)c1ccc(OC)cc1. The first kappa shape index (κ1) is 15.3. The Kier molecular flexibility index (Phi) is 5.58. The summed E-state index contributed by atoms with van der Waals surface area (Å²) in [6.45, 7) is 3.03. The van der Waals surface area contributed by atoms with Gasteiger partial charge in [0.2, 0.25) is 5.88 Å².